The number of esters is 1. The first kappa shape index (κ1) is 16.3. The molecule has 0 fully saturated rings. The summed E-state index contributed by atoms with van der Waals surface area (Å²) in [6.45, 7) is 3.94. The van der Waals surface area contributed by atoms with Crippen molar-refractivity contribution < 1.29 is 18.8 Å². The second-order valence-corrected chi connectivity index (χ2v) is 6.30. The van der Waals surface area contributed by atoms with E-state index in [-0.39, 0.29) is 13.2 Å². The van der Waals surface area contributed by atoms with Gasteiger partial charge in [-0.3, -0.25) is 0 Å². The molecule has 0 saturated heterocycles. The fourth-order valence-electron chi connectivity index (χ4n) is 2.06. The van der Waals surface area contributed by atoms with Crippen LogP contribution in [0.3, 0.4) is 0 Å². The zero-order chi connectivity index (χ0) is 16.9. The maximum absolute atomic E-state index is 11.8. The van der Waals surface area contributed by atoms with Gasteiger partial charge in [0.15, 0.2) is 12.4 Å². The lowest BCUT2D eigenvalue weighted by atomic mass is 10.1. The summed E-state index contributed by atoms with van der Waals surface area (Å²) in [4.78, 5) is 12.8. The van der Waals surface area contributed by atoms with Gasteiger partial charge in [0.25, 0.3) is 0 Å². The van der Waals surface area contributed by atoms with Gasteiger partial charge in [0.1, 0.15) is 18.1 Å². The van der Waals surface area contributed by atoms with E-state index in [1.54, 1.807) is 17.4 Å². The van der Waals surface area contributed by atoms with Crippen molar-refractivity contribution in [3.8, 4) is 16.4 Å². The van der Waals surface area contributed by atoms with E-state index in [1.165, 1.54) is 5.56 Å². The van der Waals surface area contributed by atoms with Crippen molar-refractivity contribution >= 4 is 17.3 Å². The molecule has 6 heteroatoms. The maximum Gasteiger partial charge on any atom is 0.344 e. The molecule has 0 atom stereocenters. The Kier molecular flexibility index (Phi) is 4.96. The van der Waals surface area contributed by atoms with E-state index in [2.05, 4.69) is 5.16 Å². The third-order valence-corrected chi connectivity index (χ3v) is 4.42. The second kappa shape index (κ2) is 7.31. The van der Waals surface area contributed by atoms with Crippen molar-refractivity contribution in [2.75, 3.05) is 6.61 Å². The molecule has 0 spiro atoms. The van der Waals surface area contributed by atoms with Crippen LogP contribution in [0, 0.1) is 13.8 Å². The minimum atomic E-state index is -0.450. The number of carbonyl (C=O) groups is 1. The lowest BCUT2D eigenvalue weighted by Gasteiger charge is -2.07. The molecule has 0 bridgehead atoms. The Labute approximate surface area is 143 Å². The van der Waals surface area contributed by atoms with E-state index in [1.807, 2.05) is 49.6 Å². The van der Waals surface area contributed by atoms with Crippen LogP contribution in [-0.4, -0.2) is 17.7 Å². The Morgan fingerprint density at radius 1 is 1.21 bits per heavy atom. The van der Waals surface area contributed by atoms with Gasteiger partial charge in [-0.1, -0.05) is 17.3 Å². The lowest BCUT2D eigenvalue weighted by molar-refractivity contribution is -0.147. The monoisotopic (exact) mass is 343 g/mol. The number of ether oxygens (including phenoxy) is 2. The summed E-state index contributed by atoms with van der Waals surface area (Å²) in [6, 6.07) is 11.3. The normalized spacial score (nSPS) is 10.6. The highest BCUT2D eigenvalue weighted by Gasteiger charge is 2.10. The van der Waals surface area contributed by atoms with E-state index < -0.39 is 5.97 Å². The van der Waals surface area contributed by atoms with Crippen LogP contribution in [0.1, 0.15) is 16.8 Å². The van der Waals surface area contributed by atoms with Gasteiger partial charge in [-0.05, 0) is 48.6 Å². The zero-order valence-electron chi connectivity index (χ0n) is 13.4. The highest BCUT2D eigenvalue weighted by Crippen LogP contribution is 2.25. The van der Waals surface area contributed by atoms with Gasteiger partial charge in [0.2, 0.25) is 0 Å². The van der Waals surface area contributed by atoms with Crippen molar-refractivity contribution in [1.82, 2.24) is 5.16 Å². The predicted molar refractivity (Wildman–Crippen MR) is 91.0 cm³/mol. The van der Waals surface area contributed by atoms with Crippen LogP contribution in [-0.2, 0) is 16.1 Å². The number of aryl methyl sites for hydroxylation is 2. The summed E-state index contributed by atoms with van der Waals surface area (Å²) in [6.07, 6.45) is 0. The van der Waals surface area contributed by atoms with Crippen LogP contribution < -0.4 is 4.74 Å². The molecule has 0 amide bonds. The molecule has 0 N–H and O–H groups in total. The van der Waals surface area contributed by atoms with Crippen molar-refractivity contribution in [2.45, 2.75) is 20.5 Å². The van der Waals surface area contributed by atoms with Crippen LogP contribution in [0.4, 0.5) is 0 Å². The van der Waals surface area contributed by atoms with Crippen LogP contribution >= 0.6 is 11.3 Å². The Morgan fingerprint density at radius 3 is 2.83 bits per heavy atom. The number of hydrogen-bond acceptors (Lipinski definition) is 6. The van der Waals surface area contributed by atoms with E-state index in [9.17, 15) is 4.79 Å². The van der Waals surface area contributed by atoms with E-state index in [4.69, 9.17) is 14.0 Å². The average molecular weight is 343 g/mol. The number of thiophene rings is 1. The summed E-state index contributed by atoms with van der Waals surface area (Å²) < 4.78 is 15.8. The number of carbonyl (C=O) groups excluding carboxylic acids is 1. The summed E-state index contributed by atoms with van der Waals surface area (Å²) in [5.41, 5.74) is 2.86. The minimum Gasteiger partial charge on any atom is -0.482 e. The van der Waals surface area contributed by atoms with Gasteiger partial charge in [-0.15, -0.1) is 11.3 Å². The number of nitrogens with zero attached hydrogens (tertiary/aromatic N) is 1. The fourth-order valence-corrected chi connectivity index (χ4v) is 2.73. The number of rotatable bonds is 6. The Bertz CT molecular complexity index is 823. The molecule has 1 aromatic carbocycles. The fraction of sp³-hybridized carbons (Fsp3) is 0.222. The van der Waals surface area contributed by atoms with Crippen LogP contribution in [0.2, 0.25) is 0 Å². The lowest BCUT2D eigenvalue weighted by Crippen LogP contribution is -2.14. The second-order valence-electron chi connectivity index (χ2n) is 5.36. The minimum absolute atomic E-state index is 0.0595. The Morgan fingerprint density at radius 2 is 2.08 bits per heavy atom. The predicted octanol–water partition coefficient (Wildman–Crippen LogP) is 4.14. The summed E-state index contributed by atoms with van der Waals surface area (Å²) in [5, 5.41) is 5.86. The number of benzene rings is 1. The molecule has 3 rings (SSSR count). The molecule has 0 aliphatic carbocycles. The first-order valence-corrected chi connectivity index (χ1v) is 8.35. The molecule has 0 saturated carbocycles. The van der Waals surface area contributed by atoms with E-state index in [0.717, 1.165) is 10.4 Å². The standard InChI is InChI=1S/C18H17NO4S/c1-12-5-6-15(8-13(12)2)21-11-18(20)22-10-14-9-16(23-19-14)17-4-3-7-24-17/h3-9H,10-11H2,1-2H3. The Hall–Kier alpha value is -2.60. The molecule has 0 aliphatic heterocycles. The average Bonchev–Trinajstić information content (AvgIpc) is 3.25. The molecular formula is C18H17NO4S. The molecular weight excluding hydrogens is 326 g/mol. The van der Waals surface area contributed by atoms with E-state index in [0.29, 0.717) is 17.2 Å². The smallest absolute Gasteiger partial charge is 0.344 e. The third-order valence-electron chi connectivity index (χ3n) is 3.54. The molecule has 124 valence electrons. The molecule has 3 aromatic rings. The van der Waals surface area contributed by atoms with Crippen LogP contribution in [0.25, 0.3) is 10.6 Å². The molecule has 0 aliphatic rings. The van der Waals surface area contributed by atoms with Gasteiger partial charge in [0, 0.05) is 6.07 Å². The highest BCUT2D eigenvalue weighted by atomic mass is 32.1. The van der Waals surface area contributed by atoms with Crippen molar-refractivity contribution in [2.24, 2.45) is 0 Å². The van der Waals surface area contributed by atoms with Crippen LogP contribution in [0.5, 0.6) is 5.75 Å². The SMILES string of the molecule is Cc1ccc(OCC(=O)OCc2cc(-c3cccs3)on2)cc1C. The summed E-state index contributed by atoms with van der Waals surface area (Å²) >= 11 is 1.56. The molecule has 24 heavy (non-hydrogen) atoms. The summed E-state index contributed by atoms with van der Waals surface area (Å²) in [5.74, 6) is 0.868. The number of aromatic nitrogens is 1. The van der Waals surface area contributed by atoms with Gasteiger partial charge < -0.3 is 14.0 Å². The van der Waals surface area contributed by atoms with Crippen molar-refractivity contribution in [3.63, 3.8) is 0 Å². The first-order valence-electron chi connectivity index (χ1n) is 7.47. The molecule has 0 radical (unpaired) electrons. The largest absolute Gasteiger partial charge is 0.482 e. The zero-order valence-corrected chi connectivity index (χ0v) is 14.3. The van der Waals surface area contributed by atoms with Crippen LogP contribution in [0.15, 0.2) is 46.3 Å². The highest BCUT2D eigenvalue weighted by molar-refractivity contribution is 7.13. The number of hydrogen-bond donors (Lipinski definition) is 0. The van der Waals surface area contributed by atoms with Crippen molar-refractivity contribution in [3.05, 3.63) is 58.6 Å². The Balaban J connectivity index is 1.48. The topological polar surface area (TPSA) is 61.6 Å². The molecule has 2 heterocycles. The first-order chi connectivity index (χ1) is 11.6. The van der Waals surface area contributed by atoms with Gasteiger partial charge >= 0.3 is 5.97 Å². The molecule has 5 nitrogen and oxygen atoms in total. The van der Waals surface area contributed by atoms with E-state index >= 15 is 0 Å². The van der Waals surface area contributed by atoms with Gasteiger partial charge in [-0.25, -0.2) is 4.79 Å². The molecule has 2 aromatic heterocycles. The molecule has 0 unspecified atom stereocenters. The summed E-state index contributed by atoms with van der Waals surface area (Å²) in [7, 11) is 0. The quantitative estimate of drug-likeness (QED) is 0.629. The van der Waals surface area contributed by atoms with Gasteiger partial charge in [-0.2, -0.15) is 0 Å². The van der Waals surface area contributed by atoms with Crippen molar-refractivity contribution in [1.29, 1.82) is 0 Å². The van der Waals surface area contributed by atoms with Gasteiger partial charge in [0.05, 0.1) is 4.88 Å². The third kappa shape index (κ3) is 4.02. The maximum atomic E-state index is 11.8.